The van der Waals surface area contributed by atoms with Gasteiger partial charge in [0.15, 0.2) is 11.4 Å². The number of aromatic nitrogens is 1. The quantitative estimate of drug-likeness (QED) is 0.817. The summed E-state index contributed by atoms with van der Waals surface area (Å²) in [6.45, 7) is 3.71. The predicted molar refractivity (Wildman–Crippen MR) is 83.4 cm³/mol. The number of thiazole rings is 1. The van der Waals surface area contributed by atoms with Crippen molar-refractivity contribution in [3.8, 4) is 0 Å². The highest BCUT2D eigenvalue weighted by Crippen LogP contribution is 2.24. The van der Waals surface area contributed by atoms with E-state index in [9.17, 15) is 4.79 Å². The number of anilines is 2. The van der Waals surface area contributed by atoms with Gasteiger partial charge in [-0.25, -0.2) is 4.98 Å². The Morgan fingerprint density at radius 3 is 2.35 bits per heavy atom. The van der Waals surface area contributed by atoms with Crippen molar-refractivity contribution in [1.29, 1.82) is 0 Å². The maximum absolute atomic E-state index is 10.7. The van der Waals surface area contributed by atoms with E-state index >= 15 is 0 Å². The third-order valence-corrected chi connectivity index (χ3v) is 4.54. The summed E-state index contributed by atoms with van der Waals surface area (Å²) in [5.41, 5.74) is 1.71. The Labute approximate surface area is 126 Å². The first-order valence-electron chi connectivity index (χ1n) is 6.42. The van der Waals surface area contributed by atoms with E-state index in [1.165, 1.54) is 17.0 Å². The molecule has 0 atom stereocenters. The van der Waals surface area contributed by atoms with Crippen LogP contribution in [0.15, 0.2) is 29.6 Å². The summed E-state index contributed by atoms with van der Waals surface area (Å²) in [5, 5.41) is 3.49. The van der Waals surface area contributed by atoms with Crippen molar-refractivity contribution >= 4 is 40.0 Å². The minimum atomic E-state index is 0.519. The maximum Gasteiger partial charge on any atom is 0.186 e. The topological polar surface area (TPSA) is 36.4 Å². The highest BCUT2D eigenvalue weighted by molar-refractivity contribution is 7.13. The molecule has 0 spiro atoms. The normalized spacial score (nSPS) is 15.4. The van der Waals surface area contributed by atoms with Crippen molar-refractivity contribution in [2.75, 3.05) is 36.0 Å². The largest absolute Gasteiger partial charge is 0.368 e. The number of carbonyl (C=O) groups is 1. The molecule has 0 radical (unpaired) electrons. The molecule has 0 bridgehead atoms. The molecule has 0 amide bonds. The number of nitrogens with zero attached hydrogens (tertiary/aromatic N) is 3. The van der Waals surface area contributed by atoms with Crippen LogP contribution in [-0.4, -0.2) is 37.4 Å². The van der Waals surface area contributed by atoms with E-state index in [1.807, 2.05) is 24.3 Å². The molecular formula is C14H14ClN3OS. The first-order chi connectivity index (χ1) is 9.76. The van der Waals surface area contributed by atoms with Crippen LogP contribution in [-0.2, 0) is 0 Å². The molecule has 1 aromatic carbocycles. The van der Waals surface area contributed by atoms with E-state index in [4.69, 9.17) is 11.6 Å². The van der Waals surface area contributed by atoms with Crippen molar-refractivity contribution in [3.05, 3.63) is 40.4 Å². The van der Waals surface area contributed by atoms with Crippen LogP contribution in [0.25, 0.3) is 0 Å². The lowest BCUT2D eigenvalue weighted by Gasteiger charge is -2.36. The van der Waals surface area contributed by atoms with Gasteiger partial charge < -0.3 is 9.80 Å². The number of aldehydes is 1. The van der Waals surface area contributed by atoms with E-state index in [1.54, 1.807) is 5.38 Å². The van der Waals surface area contributed by atoms with Crippen molar-refractivity contribution < 1.29 is 4.79 Å². The van der Waals surface area contributed by atoms with Crippen molar-refractivity contribution in [2.24, 2.45) is 0 Å². The first-order valence-corrected chi connectivity index (χ1v) is 7.68. The summed E-state index contributed by atoms with van der Waals surface area (Å²) in [6, 6.07) is 7.93. The maximum atomic E-state index is 10.7. The van der Waals surface area contributed by atoms with Gasteiger partial charge in [0.2, 0.25) is 0 Å². The molecule has 104 valence electrons. The van der Waals surface area contributed by atoms with Gasteiger partial charge in [-0.3, -0.25) is 4.79 Å². The summed E-state index contributed by atoms with van der Waals surface area (Å²) < 4.78 is 0. The zero-order chi connectivity index (χ0) is 13.9. The van der Waals surface area contributed by atoms with Crippen molar-refractivity contribution in [3.63, 3.8) is 0 Å². The summed E-state index contributed by atoms with van der Waals surface area (Å²) in [5.74, 6) is 0. The van der Waals surface area contributed by atoms with Crippen LogP contribution >= 0.6 is 22.9 Å². The molecule has 20 heavy (non-hydrogen) atoms. The number of benzene rings is 1. The zero-order valence-corrected chi connectivity index (χ0v) is 12.4. The van der Waals surface area contributed by atoms with Crippen LogP contribution in [0.2, 0.25) is 5.02 Å². The smallest absolute Gasteiger partial charge is 0.186 e. The van der Waals surface area contributed by atoms with E-state index < -0.39 is 0 Å². The van der Waals surface area contributed by atoms with E-state index in [0.717, 1.165) is 42.6 Å². The average Bonchev–Trinajstić information content (AvgIpc) is 2.97. The Morgan fingerprint density at radius 2 is 1.75 bits per heavy atom. The zero-order valence-electron chi connectivity index (χ0n) is 10.8. The van der Waals surface area contributed by atoms with Gasteiger partial charge in [-0.15, -0.1) is 11.3 Å². The van der Waals surface area contributed by atoms with E-state index in [2.05, 4.69) is 14.8 Å². The Hall–Kier alpha value is -1.59. The SMILES string of the molecule is O=Cc1csc(N2CCN(c3ccc(Cl)cc3)CC2)n1. The molecule has 1 fully saturated rings. The van der Waals surface area contributed by atoms with Crippen molar-refractivity contribution in [1.82, 2.24) is 4.98 Å². The van der Waals surface area contributed by atoms with E-state index in [0.29, 0.717) is 5.69 Å². The van der Waals surface area contributed by atoms with Crippen LogP contribution < -0.4 is 9.80 Å². The third kappa shape index (κ3) is 2.78. The molecule has 1 aliphatic heterocycles. The average molecular weight is 308 g/mol. The molecule has 1 saturated heterocycles. The third-order valence-electron chi connectivity index (χ3n) is 3.37. The number of hydrogen-bond donors (Lipinski definition) is 0. The fourth-order valence-electron chi connectivity index (χ4n) is 2.28. The number of piperazine rings is 1. The molecular weight excluding hydrogens is 294 g/mol. The van der Waals surface area contributed by atoms with Gasteiger partial charge in [-0.05, 0) is 24.3 Å². The second-order valence-corrected chi connectivity index (χ2v) is 5.90. The molecule has 0 aliphatic carbocycles. The molecule has 0 N–H and O–H groups in total. The summed E-state index contributed by atoms with van der Waals surface area (Å²) in [4.78, 5) is 19.5. The molecule has 4 nitrogen and oxygen atoms in total. The van der Waals surface area contributed by atoms with Gasteiger partial charge in [-0.2, -0.15) is 0 Å². The van der Waals surface area contributed by atoms with Gasteiger partial charge >= 0.3 is 0 Å². The summed E-state index contributed by atoms with van der Waals surface area (Å²) in [7, 11) is 0. The molecule has 3 rings (SSSR count). The lowest BCUT2D eigenvalue weighted by atomic mass is 10.2. The van der Waals surface area contributed by atoms with Gasteiger partial charge in [-0.1, -0.05) is 11.6 Å². The summed E-state index contributed by atoms with van der Waals surface area (Å²) in [6.07, 6.45) is 0.796. The fraction of sp³-hybridized carbons (Fsp3) is 0.286. The number of rotatable bonds is 3. The lowest BCUT2D eigenvalue weighted by Crippen LogP contribution is -2.46. The highest BCUT2D eigenvalue weighted by Gasteiger charge is 2.19. The second kappa shape index (κ2) is 5.81. The molecule has 1 aliphatic rings. The van der Waals surface area contributed by atoms with Crippen LogP contribution in [0, 0.1) is 0 Å². The first kappa shape index (κ1) is 13.4. The van der Waals surface area contributed by atoms with Crippen LogP contribution in [0.5, 0.6) is 0 Å². The minimum absolute atomic E-state index is 0.519. The Balaban J connectivity index is 1.64. The highest BCUT2D eigenvalue weighted by atomic mass is 35.5. The van der Waals surface area contributed by atoms with Crippen LogP contribution in [0.4, 0.5) is 10.8 Å². The summed E-state index contributed by atoms with van der Waals surface area (Å²) >= 11 is 7.43. The molecule has 6 heteroatoms. The standard InChI is InChI=1S/C14H14ClN3OS/c15-11-1-3-13(4-2-11)17-5-7-18(8-6-17)14-16-12(9-19)10-20-14/h1-4,9-10H,5-8H2. The number of hydrogen-bond acceptors (Lipinski definition) is 5. The van der Waals surface area contributed by atoms with Crippen LogP contribution in [0.1, 0.15) is 10.5 Å². The molecule has 0 unspecified atom stereocenters. The monoisotopic (exact) mass is 307 g/mol. The molecule has 0 saturated carbocycles. The lowest BCUT2D eigenvalue weighted by molar-refractivity contribution is 0.111. The molecule has 2 aromatic rings. The van der Waals surface area contributed by atoms with E-state index in [-0.39, 0.29) is 0 Å². The van der Waals surface area contributed by atoms with Crippen molar-refractivity contribution in [2.45, 2.75) is 0 Å². The second-order valence-electron chi connectivity index (χ2n) is 4.62. The molecule has 1 aromatic heterocycles. The Bertz CT molecular complexity index is 591. The predicted octanol–water partition coefficient (Wildman–Crippen LogP) is 2.94. The molecule has 2 heterocycles. The van der Waals surface area contributed by atoms with Crippen LogP contribution in [0.3, 0.4) is 0 Å². The fourth-order valence-corrected chi connectivity index (χ4v) is 3.23. The van der Waals surface area contributed by atoms with Gasteiger partial charge in [0.05, 0.1) is 0 Å². The van der Waals surface area contributed by atoms with Gasteiger partial charge in [0.1, 0.15) is 5.69 Å². The minimum Gasteiger partial charge on any atom is -0.368 e. The van der Waals surface area contributed by atoms with Gasteiger partial charge in [0, 0.05) is 42.3 Å². The number of carbonyl (C=O) groups excluding carboxylic acids is 1. The Morgan fingerprint density at radius 1 is 1.10 bits per heavy atom. The number of halogens is 1. The van der Waals surface area contributed by atoms with Gasteiger partial charge in [0.25, 0.3) is 0 Å². The Kier molecular flexibility index (Phi) is 3.89.